The van der Waals surface area contributed by atoms with Gasteiger partial charge in [0.2, 0.25) is 5.91 Å². The number of nitrogens with one attached hydrogen (secondary N) is 1. The quantitative estimate of drug-likeness (QED) is 0.683. The maximum Gasteiger partial charge on any atom is 0.246 e. The molecule has 1 amide bonds. The Bertz CT molecular complexity index is 345. The third-order valence-corrected chi connectivity index (χ3v) is 4.10. The van der Waals surface area contributed by atoms with Crippen LogP contribution in [-0.2, 0) is 14.6 Å². The lowest BCUT2D eigenvalue weighted by atomic mass is 10.1. The van der Waals surface area contributed by atoms with Gasteiger partial charge in [-0.2, -0.15) is 0 Å². The highest BCUT2D eigenvalue weighted by Gasteiger charge is 2.27. The van der Waals surface area contributed by atoms with Crippen LogP contribution in [0.5, 0.6) is 0 Å². The van der Waals surface area contributed by atoms with Crippen LogP contribution < -0.4 is 5.32 Å². The molecule has 1 saturated heterocycles. The van der Waals surface area contributed by atoms with Crippen molar-refractivity contribution in [3.05, 3.63) is 12.2 Å². The third kappa shape index (κ3) is 3.14. The molecule has 1 unspecified atom stereocenters. The first kappa shape index (κ1) is 11.2. The van der Waals surface area contributed by atoms with Gasteiger partial charge >= 0.3 is 0 Å². The molecule has 1 rings (SSSR count). The molecule has 1 fully saturated rings. The highest BCUT2D eigenvalue weighted by molar-refractivity contribution is 7.91. The number of carbonyl (C=O) groups excluding carboxylic acids is 1. The fourth-order valence-electron chi connectivity index (χ4n) is 1.42. The van der Waals surface area contributed by atoms with E-state index >= 15 is 0 Å². The standard InChI is InChI=1S/C9H15NO3S/c1-7(2)9(11)10-5-8-3-4-14(12,13)6-8/h8H,1,3-6H2,2H3,(H,10,11). The summed E-state index contributed by atoms with van der Waals surface area (Å²) in [5.74, 6) is 0.321. The number of hydrogen-bond acceptors (Lipinski definition) is 3. The van der Waals surface area contributed by atoms with Gasteiger partial charge in [-0.05, 0) is 19.3 Å². The smallest absolute Gasteiger partial charge is 0.246 e. The summed E-state index contributed by atoms with van der Waals surface area (Å²) < 4.78 is 22.2. The van der Waals surface area contributed by atoms with Crippen LogP contribution in [0, 0.1) is 5.92 Å². The van der Waals surface area contributed by atoms with E-state index in [0.29, 0.717) is 18.5 Å². The van der Waals surface area contributed by atoms with Crippen LogP contribution in [0.15, 0.2) is 12.2 Å². The fraction of sp³-hybridized carbons (Fsp3) is 0.667. The van der Waals surface area contributed by atoms with Gasteiger partial charge in [0.05, 0.1) is 11.5 Å². The maximum atomic E-state index is 11.1. The van der Waals surface area contributed by atoms with Crippen LogP contribution >= 0.6 is 0 Å². The molecule has 0 spiro atoms. The van der Waals surface area contributed by atoms with E-state index in [0.717, 1.165) is 0 Å². The van der Waals surface area contributed by atoms with Crippen molar-refractivity contribution in [3.63, 3.8) is 0 Å². The van der Waals surface area contributed by atoms with Gasteiger partial charge < -0.3 is 5.32 Å². The number of rotatable bonds is 3. The minimum atomic E-state index is -2.84. The summed E-state index contributed by atoms with van der Waals surface area (Å²) in [5.41, 5.74) is 0.450. The second-order valence-corrected chi connectivity index (χ2v) is 5.99. The molecule has 0 aromatic carbocycles. The zero-order chi connectivity index (χ0) is 10.8. The number of hydrogen-bond donors (Lipinski definition) is 1. The zero-order valence-electron chi connectivity index (χ0n) is 8.25. The number of amides is 1. The third-order valence-electron chi connectivity index (χ3n) is 2.27. The highest BCUT2D eigenvalue weighted by atomic mass is 32.2. The van der Waals surface area contributed by atoms with E-state index in [2.05, 4.69) is 11.9 Å². The summed E-state index contributed by atoms with van der Waals surface area (Å²) in [4.78, 5) is 11.1. The average Bonchev–Trinajstić information content (AvgIpc) is 2.41. The molecule has 0 radical (unpaired) electrons. The SMILES string of the molecule is C=C(C)C(=O)NCC1CCS(=O)(=O)C1. The number of carbonyl (C=O) groups is 1. The molecule has 1 heterocycles. The Morgan fingerprint density at radius 2 is 2.21 bits per heavy atom. The Hall–Kier alpha value is -0.840. The van der Waals surface area contributed by atoms with Crippen molar-refractivity contribution < 1.29 is 13.2 Å². The molecule has 0 saturated carbocycles. The van der Waals surface area contributed by atoms with Crippen LogP contribution in [-0.4, -0.2) is 32.4 Å². The van der Waals surface area contributed by atoms with Crippen LogP contribution in [0.2, 0.25) is 0 Å². The molecular formula is C9H15NO3S. The van der Waals surface area contributed by atoms with Gasteiger partial charge in [-0.3, -0.25) is 4.79 Å². The minimum absolute atomic E-state index is 0.0725. The predicted octanol–water partition coefficient (Wildman–Crippen LogP) is 0.113. The van der Waals surface area contributed by atoms with Crippen molar-refractivity contribution in [2.75, 3.05) is 18.1 Å². The normalized spacial score (nSPS) is 24.5. The van der Waals surface area contributed by atoms with E-state index in [1.165, 1.54) is 0 Å². The van der Waals surface area contributed by atoms with Crippen molar-refractivity contribution in [2.24, 2.45) is 5.92 Å². The lowest BCUT2D eigenvalue weighted by Crippen LogP contribution is -2.30. The first-order chi connectivity index (χ1) is 6.41. The van der Waals surface area contributed by atoms with E-state index in [1.54, 1.807) is 6.92 Å². The van der Waals surface area contributed by atoms with Crippen LogP contribution in [0.3, 0.4) is 0 Å². The maximum absolute atomic E-state index is 11.1. The summed E-state index contributed by atoms with van der Waals surface area (Å²) in [7, 11) is -2.84. The molecule has 5 heteroatoms. The van der Waals surface area contributed by atoms with Crippen LogP contribution in [0.25, 0.3) is 0 Å². The van der Waals surface area contributed by atoms with Gasteiger partial charge in [-0.15, -0.1) is 0 Å². The lowest BCUT2D eigenvalue weighted by Gasteiger charge is -2.08. The van der Waals surface area contributed by atoms with Crippen molar-refractivity contribution >= 4 is 15.7 Å². The van der Waals surface area contributed by atoms with Gasteiger partial charge in [-0.25, -0.2) is 8.42 Å². The minimum Gasteiger partial charge on any atom is -0.352 e. The number of sulfone groups is 1. The highest BCUT2D eigenvalue weighted by Crippen LogP contribution is 2.17. The summed E-state index contributed by atoms with van der Waals surface area (Å²) >= 11 is 0. The monoisotopic (exact) mass is 217 g/mol. The molecule has 1 atom stereocenters. The van der Waals surface area contributed by atoms with E-state index in [1.807, 2.05) is 0 Å². The fourth-order valence-corrected chi connectivity index (χ4v) is 3.28. The average molecular weight is 217 g/mol. The van der Waals surface area contributed by atoms with Crippen molar-refractivity contribution in [3.8, 4) is 0 Å². The van der Waals surface area contributed by atoms with Crippen LogP contribution in [0.4, 0.5) is 0 Å². The molecule has 1 aliphatic heterocycles. The van der Waals surface area contributed by atoms with Gasteiger partial charge in [0.1, 0.15) is 0 Å². The van der Waals surface area contributed by atoms with E-state index in [4.69, 9.17) is 0 Å². The molecule has 0 bridgehead atoms. The lowest BCUT2D eigenvalue weighted by molar-refractivity contribution is -0.117. The summed E-state index contributed by atoms with van der Waals surface area (Å²) in [5, 5.41) is 2.66. The Labute approximate surface area is 84.3 Å². The summed E-state index contributed by atoms with van der Waals surface area (Å²) in [6, 6.07) is 0. The Morgan fingerprint density at radius 3 is 2.64 bits per heavy atom. The molecular weight excluding hydrogens is 202 g/mol. The molecule has 80 valence electrons. The zero-order valence-corrected chi connectivity index (χ0v) is 9.06. The largest absolute Gasteiger partial charge is 0.352 e. The molecule has 1 N–H and O–H groups in total. The van der Waals surface area contributed by atoms with Gasteiger partial charge in [-0.1, -0.05) is 6.58 Å². The molecule has 4 nitrogen and oxygen atoms in total. The molecule has 0 aromatic heterocycles. The van der Waals surface area contributed by atoms with Gasteiger partial charge in [0.15, 0.2) is 9.84 Å². The predicted molar refractivity (Wildman–Crippen MR) is 54.6 cm³/mol. The van der Waals surface area contributed by atoms with Crippen molar-refractivity contribution in [1.29, 1.82) is 0 Å². The van der Waals surface area contributed by atoms with Crippen molar-refractivity contribution in [2.45, 2.75) is 13.3 Å². The Kier molecular flexibility index (Phi) is 3.31. The molecule has 0 aliphatic carbocycles. The van der Waals surface area contributed by atoms with Gasteiger partial charge in [0.25, 0.3) is 0 Å². The Morgan fingerprint density at radius 1 is 1.57 bits per heavy atom. The summed E-state index contributed by atoms with van der Waals surface area (Å²) in [6.45, 7) is 5.56. The van der Waals surface area contributed by atoms with E-state index in [9.17, 15) is 13.2 Å². The van der Waals surface area contributed by atoms with Crippen molar-refractivity contribution in [1.82, 2.24) is 5.32 Å². The van der Waals surface area contributed by atoms with Gasteiger partial charge in [0, 0.05) is 12.1 Å². The summed E-state index contributed by atoms with van der Waals surface area (Å²) in [6.07, 6.45) is 0.652. The molecule has 1 aliphatic rings. The first-order valence-electron chi connectivity index (χ1n) is 4.55. The second kappa shape index (κ2) is 4.13. The van der Waals surface area contributed by atoms with E-state index in [-0.39, 0.29) is 23.3 Å². The topological polar surface area (TPSA) is 63.2 Å². The first-order valence-corrected chi connectivity index (χ1v) is 6.37. The van der Waals surface area contributed by atoms with Crippen LogP contribution in [0.1, 0.15) is 13.3 Å². The molecule has 14 heavy (non-hydrogen) atoms. The molecule has 0 aromatic rings. The second-order valence-electron chi connectivity index (χ2n) is 3.76. The Balaban J connectivity index is 2.35. The van der Waals surface area contributed by atoms with E-state index < -0.39 is 9.84 Å².